The predicted octanol–water partition coefficient (Wildman–Crippen LogP) is 2.90. The van der Waals surface area contributed by atoms with Crippen molar-refractivity contribution in [3.05, 3.63) is 58.6 Å². The highest BCUT2D eigenvalue weighted by Gasteiger charge is 2.14. The van der Waals surface area contributed by atoms with Crippen molar-refractivity contribution in [3.63, 3.8) is 0 Å². The molecule has 0 atom stereocenters. The average Bonchev–Trinajstić information content (AvgIpc) is 2.66. The van der Waals surface area contributed by atoms with Crippen LogP contribution in [-0.2, 0) is 14.8 Å². The second-order valence-corrected chi connectivity index (χ2v) is 9.32. The maximum atomic E-state index is 12.2. The minimum absolute atomic E-state index is 0.112. The van der Waals surface area contributed by atoms with Crippen LogP contribution in [0.3, 0.4) is 0 Å². The number of benzene rings is 2. The third-order valence-electron chi connectivity index (χ3n) is 3.50. The molecule has 0 heterocycles. The van der Waals surface area contributed by atoms with Crippen molar-refractivity contribution in [1.29, 1.82) is 0 Å². The number of hydrogen-bond acceptors (Lipinski definition) is 5. The lowest BCUT2D eigenvalue weighted by molar-refractivity contribution is 0.0956. The third-order valence-corrected chi connectivity index (χ3v) is 6.51. The van der Waals surface area contributed by atoms with Gasteiger partial charge in [0.1, 0.15) is 0 Å². The Labute approximate surface area is 172 Å². The standard InChI is InChI=1S/C18H21BrN2O4S2/c1-25-12-10-21-27(23,24)17-8-2-14(3-9-17)18(22)20-11-13-26-16-6-4-15(19)5-7-16/h2-9,21H,10-13H2,1H3,(H,20,22). The molecule has 0 unspecified atom stereocenters. The molecule has 0 aliphatic rings. The first-order valence-electron chi connectivity index (χ1n) is 8.17. The zero-order valence-corrected chi connectivity index (χ0v) is 18.0. The molecule has 2 N–H and O–H groups in total. The van der Waals surface area contributed by atoms with Gasteiger partial charge < -0.3 is 10.1 Å². The van der Waals surface area contributed by atoms with Crippen LogP contribution in [-0.4, -0.2) is 46.9 Å². The van der Waals surface area contributed by atoms with Gasteiger partial charge >= 0.3 is 0 Å². The molecular weight excluding hydrogens is 452 g/mol. The summed E-state index contributed by atoms with van der Waals surface area (Å²) in [4.78, 5) is 13.4. The fourth-order valence-electron chi connectivity index (χ4n) is 2.11. The van der Waals surface area contributed by atoms with E-state index in [0.29, 0.717) is 12.1 Å². The molecule has 146 valence electrons. The normalized spacial score (nSPS) is 11.3. The van der Waals surface area contributed by atoms with Crippen LogP contribution in [0, 0.1) is 0 Å². The van der Waals surface area contributed by atoms with Gasteiger partial charge in [0.2, 0.25) is 10.0 Å². The summed E-state index contributed by atoms with van der Waals surface area (Å²) in [5.74, 6) is 0.506. The van der Waals surface area contributed by atoms with Crippen molar-refractivity contribution in [3.8, 4) is 0 Å². The van der Waals surface area contributed by atoms with Gasteiger partial charge in [0.15, 0.2) is 0 Å². The molecule has 27 heavy (non-hydrogen) atoms. The lowest BCUT2D eigenvalue weighted by Crippen LogP contribution is -2.28. The first-order chi connectivity index (χ1) is 12.9. The lowest BCUT2D eigenvalue weighted by atomic mass is 10.2. The number of ether oxygens (including phenoxy) is 1. The second-order valence-electron chi connectivity index (χ2n) is 5.47. The van der Waals surface area contributed by atoms with Crippen LogP contribution in [0.5, 0.6) is 0 Å². The Balaban J connectivity index is 1.81. The highest BCUT2D eigenvalue weighted by Crippen LogP contribution is 2.20. The molecule has 0 spiro atoms. The average molecular weight is 473 g/mol. The van der Waals surface area contributed by atoms with Crippen molar-refractivity contribution in [2.75, 3.05) is 32.6 Å². The number of hydrogen-bond donors (Lipinski definition) is 2. The number of amides is 1. The quantitative estimate of drug-likeness (QED) is 0.410. The van der Waals surface area contributed by atoms with Crippen LogP contribution >= 0.6 is 27.7 Å². The Morgan fingerprint density at radius 3 is 2.37 bits per heavy atom. The second kappa shape index (κ2) is 10.8. The highest BCUT2D eigenvalue weighted by molar-refractivity contribution is 9.10. The summed E-state index contributed by atoms with van der Waals surface area (Å²) in [5.41, 5.74) is 0.416. The molecule has 9 heteroatoms. The molecule has 1 amide bonds. The van der Waals surface area contributed by atoms with E-state index in [1.807, 2.05) is 24.3 Å². The van der Waals surface area contributed by atoms with Gasteiger partial charge in [0, 0.05) is 40.9 Å². The smallest absolute Gasteiger partial charge is 0.251 e. The Morgan fingerprint density at radius 2 is 1.74 bits per heavy atom. The number of sulfonamides is 1. The Kier molecular flexibility index (Phi) is 8.78. The van der Waals surface area contributed by atoms with Crippen molar-refractivity contribution >= 4 is 43.6 Å². The van der Waals surface area contributed by atoms with Crippen LogP contribution in [0.4, 0.5) is 0 Å². The summed E-state index contributed by atoms with van der Waals surface area (Å²) >= 11 is 5.04. The van der Waals surface area contributed by atoms with E-state index in [9.17, 15) is 13.2 Å². The number of rotatable bonds is 10. The minimum atomic E-state index is -3.60. The highest BCUT2D eigenvalue weighted by atomic mass is 79.9. The Hall–Kier alpha value is -1.39. The molecule has 2 aromatic carbocycles. The van der Waals surface area contributed by atoms with Gasteiger partial charge in [0.05, 0.1) is 11.5 Å². The fraction of sp³-hybridized carbons (Fsp3) is 0.278. The topological polar surface area (TPSA) is 84.5 Å². The molecule has 0 aliphatic carbocycles. The number of carbonyl (C=O) groups is 1. The SMILES string of the molecule is COCCNS(=O)(=O)c1ccc(C(=O)NCCSc2ccc(Br)cc2)cc1. The zero-order chi connectivity index (χ0) is 19.7. The molecule has 0 saturated carbocycles. The van der Waals surface area contributed by atoms with Crippen molar-refractivity contribution < 1.29 is 17.9 Å². The van der Waals surface area contributed by atoms with Gasteiger partial charge in [-0.05, 0) is 48.5 Å². The molecule has 0 aliphatic heterocycles. The fourth-order valence-corrected chi connectivity index (χ4v) is 4.16. The number of thioether (sulfide) groups is 1. The zero-order valence-electron chi connectivity index (χ0n) is 14.8. The van der Waals surface area contributed by atoms with Crippen molar-refractivity contribution in [2.24, 2.45) is 0 Å². The van der Waals surface area contributed by atoms with E-state index in [1.165, 1.54) is 31.4 Å². The first-order valence-corrected chi connectivity index (χ1v) is 11.4. The molecule has 6 nitrogen and oxygen atoms in total. The summed E-state index contributed by atoms with van der Waals surface area (Å²) < 4.78 is 32.4. The molecule has 0 saturated heterocycles. The van der Waals surface area contributed by atoms with Crippen LogP contribution in [0.25, 0.3) is 0 Å². The minimum Gasteiger partial charge on any atom is -0.383 e. The number of halogens is 1. The molecule has 2 rings (SSSR count). The van der Waals surface area contributed by atoms with E-state index in [0.717, 1.165) is 15.1 Å². The van der Waals surface area contributed by atoms with Gasteiger partial charge in [-0.15, -0.1) is 11.8 Å². The van der Waals surface area contributed by atoms with Gasteiger partial charge in [-0.25, -0.2) is 13.1 Å². The van der Waals surface area contributed by atoms with E-state index >= 15 is 0 Å². The van der Waals surface area contributed by atoms with Crippen molar-refractivity contribution in [2.45, 2.75) is 9.79 Å². The van der Waals surface area contributed by atoms with Gasteiger partial charge in [-0.2, -0.15) is 0 Å². The summed E-state index contributed by atoms with van der Waals surface area (Å²) in [6.07, 6.45) is 0. The maximum Gasteiger partial charge on any atom is 0.251 e. The van der Waals surface area contributed by atoms with Crippen LogP contribution in [0.1, 0.15) is 10.4 Å². The summed E-state index contributed by atoms with van der Waals surface area (Å²) in [6.45, 7) is 0.993. The number of carbonyl (C=O) groups excluding carboxylic acids is 1. The molecular formula is C18H21BrN2O4S2. The monoisotopic (exact) mass is 472 g/mol. The van der Waals surface area contributed by atoms with Gasteiger partial charge in [0.25, 0.3) is 5.91 Å². The number of methoxy groups -OCH3 is 1. The molecule has 0 bridgehead atoms. The van der Waals surface area contributed by atoms with Gasteiger partial charge in [-0.1, -0.05) is 15.9 Å². The summed E-state index contributed by atoms with van der Waals surface area (Å²) in [5, 5.41) is 2.83. The molecule has 0 radical (unpaired) electrons. The predicted molar refractivity (Wildman–Crippen MR) is 111 cm³/mol. The van der Waals surface area contributed by atoms with Crippen molar-refractivity contribution in [1.82, 2.24) is 10.0 Å². The van der Waals surface area contributed by atoms with Crippen LogP contribution in [0.2, 0.25) is 0 Å². The summed E-state index contributed by atoms with van der Waals surface area (Å²) in [7, 11) is -2.10. The van der Waals surface area contributed by atoms with E-state index < -0.39 is 10.0 Å². The summed E-state index contributed by atoms with van der Waals surface area (Å²) in [6, 6.07) is 13.8. The molecule has 0 fully saturated rings. The largest absolute Gasteiger partial charge is 0.383 e. The maximum absolute atomic E-state index is 12.2. The molecule has 2 aromatic rings. The van der Waals surface area contributed by atoms with Crippen LogP contribution in [0.15, 0.2) is 62.8 Å². The first kappa shape index (κ1) is 21.9. The van der Waals surface area contributed by atoms with E-state index in [4.69, 9.17) is 4.74 Å². The Bertz CT molecular complexity index is 841. The third kappa shape index (κ3) is 7.27. The van der Waals surface area contributed by atoms with Crippen LogP contribution < -0.4 is 10.0 Å². The number of nitrogens with one attached hydrogen (secondary N) is 2. The van der Waals surface area contributed by atoms with Gasteiger partial charge in [-0.3, -0.25) is 4.79 Å². The van der Waals surface area contributed by atoms with E-state index in [1.54, 1.807) is 11.8 Å². The van der Waals surface area contributed by atoms with E-state index in [2.05, 4.69) is 26.0 Å². The molecule has 0 aromatic heterocycles. The Morgan fingerprint density at radius 1 is 1.07 bits per heavy atom. The lowest BCUT2D eigenvalue weighted by Gasteiger charge is -2.08. The van der Waals surface area contributed by atoms with E-state index in [-0.39, 0.29) is 24.0 Å².